The molecule has 96 valence electrons. The number of benzene rings is 1. The molecule has 0 spiro atoms. The molecule has 0 aliphatic heterocycles. The number of hydrogen-bond acceptors (Lipinski definition) is 4. The lowest BCUT2D eigenvalue weighted by atomic mass is 10.3. The first-order chi connectivity index (χ1) is 8.86. The summed E-state index contributed by atoms with van der Waals surface area (Å²) in [6.07, 6.45) is 5.78. The maximum Gasteiger partial charge on any atom is 0.198 e. The second-order valence-corrected chi connectivity index (χ2v) is 5.77. The molecule has 1 aliphatic rings. The summed E-state index contributed by atoms with van der Waals surface area (Å²) in [5, 5.41) is 3.43. The summed E-state index contributed by atoms with van der Waals surface area (Å²) >= 11 is 1.89. The highest BCUT2D eigenvalue weighted by molar-refractivity contribution is 7.98. The minimum atomic E-state index is 0.579. The Morgan fingerprint density at radius 2 is 2.33 bits per heavy atom. The largest absolute Gasteiger partial charge is 0.440 e. The zero-order valence-corrected chi connectivity index (χ0v) is 11.4. The van der Waals surface area contributed by atoms with Crippen molar-refractivity contribution in [3.63, 3.8) is 0 Å². The average molecular weight is 262 g/mol. The summed E-state index contributed by atoms with van der Waals surface area (Å²) in [6, 6.07) is 6.18. The van der Waals surface area contributed by atoms with Gasteiger partial charge in [-0.3, -0.25) is 0 Å². The highest BCUT2D eigenvalue weighted by atomic mass is 32.2. The normalized spacial score (nSPS) is 15.2. The van der Waals surface area contributed by atoms with Gasteiger partial charge in [0, 0.05) is 18.2 Å². The van der Waals surface area contributed by atoms with Crippen LogP contribution in [0.15, 0.2) is 22.6 Å². The topological polar surface area (TPSA) is 38.1 Å². The van der Waals surface area contributed by atoms with E-state index in [1.165, 1.54) is 25.0 Å². The Morgan fingerprint density at radius 3 is 3.11 bits per heavy atom. The van der Waals surface area contributed by atoms with Gasteiger partial charge in [-0.15, -0.1) is 0 Å². The molecule has 1 aliphatic carbocycles. The first kappa shape index (κ1) is 11.9. The van der Waals surface area contributed by atoms with Gasteiger partial charge in [-0.1, -0.05) is 0 Å². The number of nitrogens with zero attached hydrogens (tertiary/aromatic N) is 1. The van der Waals surface area contributed by atoms with Crippen LogP contribution < -0.4 is 5.32 Å². The van der Waals surface area contributed by atoms with Crippen LogP contribution in [0.4, 0.5) is 5.69 Å². The molecule has 2 aromatic rings. The highest BCUT2D eigenvalue weighted by Crippen LogP contribution is 2.40. The molecule has 1 N–H and O–H groups in total. The van der Waals surface area contributed by atoms with Gasteiger partial charge in [0.25, 0.3) is 0 Å². The number of anilines is 1. The zero-order valence-electron chi connectivity index (χ0n) is 10.6. The molecule has 1 aromatic carbocycles. The first-order valence-corrected chi connectivity index (χ1v) is 7.89. The Bertz CT molecular complexity index is 534. The summed E-state index contributed by atoms with van der Waals surface area (Å²) in [4.78, 5) is 4.57. The van der Waals surface area contributed by atoms with Crippen LogP contribution in [-0.2, 0) is 0 Å². The van der Waals surface area contributed by atoms with Crippen molar-refractivity contribution in [2.75, 3.05) is 23.9 Å². The molecule has 3 rings (SSSR count). The number of nitrogens with one attached hydrogen (secondary N) is 1. The van der Waals surface area contributed by atoms with Crippen LogP contribution >= 0.6 is 11.8 Å². The van der Waals surface area contributed by atoms with Crippen LogP contribution in [0.5, 0.6) is 0 Å². The van der Waals surface area contributed by atoms with E-state index in [4.69, 9.17) is 4.42 Å². The predicted octanol–water partition coefficient (Wildman–Crippen LogP) is 3.87. The number of oxazole rings is 1. The molecular formula is C14H18N2OS. The van der Waals surface area contributed by atoms with Crippen molar-refractivity contribution in [3.8, 4) is 0 Å². The second kappa shape index (κ2) is 5.22. The standard InChI is InChI=1S/C14H18N2OS/c1-18-8-2-7-15-11-5-6-13-12(9-11)16-14(17-13)10-3-4-10/h5-6,9-10,15H,2-4,7-8H2,1H3. The van der Waals surface area contributed by atoms with E-state index in [1.54, 1.807) is 0 Å². The van der Waals surface area contributed by atoms with Gasteiger partial charge in [0.2, 0.25) is 0 Å². The molecule has 0 bridgehead atoms. The Kier molecular flexibility index (Phi) is 3.46. The average Bonchev–Trinajstić information content (AvgIpc) is 3.15. The summed E-state index contributed by atoms with van der Waals surface area (Å²) in [7, 11) is 0. The van der Waals surface area contributed by atoms with Crippen molar-refractivity contribution < 1.29 is 4.42 Å². The van der Waals surface area contributed by atoms with Crippen LogP contribution in [0.3, 0.4) is 0 Å². The molecule has 4 heteroatoms. The molecule has 0 amide bonds. The van der Waals surface area contributed by atoms with E-state index in [9.17, 15) is 0 Å². The maximum atomic E-state index is 5.75. The molecular weight excluding hydrogens is 244 g/mol. The molecule has 0 unspecified atom stereocenters. The fourth-order valence-corrected chi connectivity index (χ4v) is 2.44. The van der Waals surface area contributed by atoms with Crippen molar-refractivity contribution in [2.45, 2.75) is 25.2 Å². The van der Waals surface area contributed by atoms with Gasteiger partial charge in [0.15, 0.2) is 11.5 Å². The summed E-state index contributed by atoms with van der Waals surface area (Å²) < 4.78 is 5.75. The SMILES string of the molecule is CSCCCNc1ccc2oc(C3CC3)nc2c1. The third-order valence-electron chi connectivity index (χ3n) is 3.19. The van der Waals surface area contributed by atoms with Gasteiger partial charge in [0.05, 0.1) is 0 Å². The summed E-state index contributed by atoms with van der Waals surface area (Å²) in [5.74, 6) is 2.70. The number of aromatic nitrogens is 1. The fraction of sp³-hybridized carbons (Fsp3) is 0.500. The van der Waals surface area contributed by atoms with Crippen LogP contribution in [0.2, 0.25) is 0 Å². The van der Waals surface area contributed by atoms with Gasteiger partial charge in [-0.05, 0) is 49.5 Å². The van der Waals surface area contributed by atoms with Gasteiger partial charge in [-0.2, -0.15) is 11.8 Å². The molecule has 0 saturated heterocycles. The smallest absolute Gasteiger partial charge is 0.198 e. The second-order valence-electron chi connectivity index (χ2n) is 4.78. The Labute approximate surface area is 111 Å². The zero-order chi connectivity index (χ0) is 12.4. The Hall–Kier alpha value is -1.16. The lowest BCUT2D eigenvalue weighted by Gasteiger charge is -2.04. The molecule has 18 heavy (non-hydrogen) atoms. The maximum absolute atomic E-state index is 5.75. The first-order valence-electron chi connectivity index (χ1n) is 6.50. The molecule has 0 radical (unpaired) electrons. The van der Waals surface area contributed by atoms with Gasteiger partial charge in [-0.25, -0.2) is 4.98 Å². The van der Waals surface area contributed by atoms with Crippen LogP contribution in [0.25, 0.3) is 11.1 Å². The number of fused-ring (bicyclic) bond motifs is 1. The Morgan fingerprint density at radius 1 is 1.44 bits per heavy atom. The van der Waals surface area contributed by atoms with Crippen LogP contribution in [0, 0.1) is 0 Å². The highest BCUT2D eigenvalue weighted by Gasteiger charge is 2.28. The third kappa shape index (κ3) is 2.64. The lowest BCUT2D eigenvalue weighted by molar-refractivity contribution is 0.533. The molecule has 1 saturated carbocycles. The van der Waals surface area contributed by atoms with Crippen molar-refractivity contribution in [3.05, 3.63) is 24.1 Å². The van der Waals surface area contributed by atoms with Crippen LogP contribution in [-0.4, -0.2) is 23.5 Å². The number of hydrogen-bond donors (Lipinski definition) is 1. The molecule has 3 nitrogen and oxygen atoms in total. The monoisotopic (exact) mass is 262 g/mol. The van der Waals surface area contributed by atoms with Crippen LogP contribution in [0.1, 0.15) is 31.1 Å². The van der Waals surface area contributed by atoms with Crippen molar-refractivity contribution in [1.82, 2.24) is 4.98 Å². The number of thioether (sulfide) groups is 1. The van der Waals surface area contributed by atoms with E-state index in [0.717, 1.165) is 29.2 Å². The fourth-order valence-electron chi connectivity index (χ4n) is 2.01. The van der Waals surface area contributed by atoms with E-state index in [-0.39, 0.29) is 0 Å². The van der Waals surface area contributed by atoms with Crippen molar-refractivity contribution in [1.29, 1.82) is 0 Å². The molecule has 0 atom stereocenters. The van der Waals surface area contributed by atoms with Crippen molar-refractivity contribution in [2.24, 2.45) is 0 Å². The minimum Gasteiger partial charge on any atom is -0.440 e. The third-order valence-corrected chi connectivity index (χ3v) is 3.88. The van der Waals surface area contributed by atoms with Gasteiger partial charge >= 0.3 is 0 Å². The molecule has 1 fully saturated rings. The molecule has 1 heterocycles. The lowest BCUT2D eigenvalue weighted by Crippen LogP contribution is -2.02. The number of rotatable bonds is 6. The van der Waals surface area contributed by atoms with Crippen molar-refractivity contribution >= 4 is 28.5 Å². The summed E-state index contributed by atoms with van der Waals surface area (Å²) in [5.41, 5.74) is 3.03. The van der Waals surface area contributed by atoms with E-state index < -0.39 is 0 Å². The molecule has 1 aromatic heterocycles. The minimum absolute atomic E-state index is 0.579. The van der Waals surface area contributed by atoms with E-state index in [0.29, 0.717) is 5.92 Å². The predicted molar refractivity (Wildman–Crippen MR) is 77.5 cm³/mol. The Balaban J connectivity index is 1.69. The van der Waals surface area contributed by atoms with Gasteiger partial charge < -0.3 is 9.73 Å². The van der Waals surface area contributed by atoms with Gasteiger partial charge in [0.1, 0.15) is 5.52 Å². The van der Waals surface area contributed by atoms with E-state index in [1.807, 2.05) is 17.8 Å². The van der Waals surface area contributed by atoms with E-state index in [2.05, 4.69) is 28.7 Å². The van der Waals surface area contributed by atoms with E-state index >= 15 is 0 Å². The quantitative estimate of drug-likeness (QED) is 0.802. The summed E-state index contributed by atoms with van der Waals surface area (Å²) in [6.45, 7) is 1.01.